The van der Waals surface area contributed by atoms with Gasteiger partial charge in [0, 0.05) is 47.1 Å². The fourth-order valence-corrected chi connectivity index (χ4v) is 3.53. The molecule has 1 aliphatic rings. The number of nitrogens with one attached hydrogen (secondary N) is 2. The predicted molar refractivity (Wildman–Crippen MR) is 106 cm³/mol. The summed E-state index contributed by atoms with van der Waals surface area (Å²) < 4.78 is 0. The molecule has 1 aliphatic heterocycles. The summed E-state index contributed by atoms with van der Waals surface area (Å²) in [5, 5.41) is 9.67. The van der Waals surface area contributed by atoms with Crippen LogP contribution in [0.15, 0.2) is 54.9 Å². The maximum Gasteiger partial charge on any atom is 0.0429 e. The van der Waals surface area contributed by atoms with Gasteiger partial charge in [-0.15, -0.1) is 0 Å². The number of fused-ring (bicyclic) bond motifs is 1. The lowest BCUT2D eigenvalue weighted by Gasteiger charge is -2.20. The first kappa shape index (κ1) is 15.9. The standard InChI is InChI=1S/C21H24N4/c22-18-6-4-15(5-7-18)16-11-17-13-24-10-8-20(17)21(12-16)25-19-3-1-2-9-23-14-19/h4-8,10-13,19,23,25H,1-3,9,14,22H2/t19-/m0/s1. The van der Waals surface area contributed by atoms with Crippen LogP contribution in [-0.4, -0.2) is 24.1 Å². The van der Waals surface area contributed by atoms with E-state index >= 15 is 0 Å². The van der Waals surface area contributed by atoms with Crippen molar-refractivity contribution in [3.8, 4) is 11.1 Å². The molecule has 0 bridgehead atoms. The van der Waals surface area contributed by atoms with Crippen LogP contribution in [0, 0.1) is 0 Å². The largest absolute Gasteiger partial charge is 0.399 e. The summed E-state index contributed by atoms with van der Waals surface area (Å²) in [6.07, 6.45) is 7.52. The van der Waals surface area contributed by atoms with Crippen molar-refractivity contribution in [2.24, 2.45) is 0 Å². The molecule has 1 saturated heterocycles. The van der Waals surface area contributed by atoms with Crippen LogP contribution in [0.4, 0.5) is 11.4 Å². The molecule has 2 aromatic carbocycles. The smallest absolute Gasteiger partial charge is 0.0429 e. The number of rotatable bonds is 3. The average Bonchev–Trinajstić information content (AvgIpc) is 2.91. The molecule has 0 spiro atoms. The minimum Gasteiger partial charge on any atom is -0.399 e. The Morgan fingerprint density at radius 1 is 1.04 bits per heavy atom. The van der Waals surface area contributed by atoms with Gasteiger partial charge in [0.25, 0.3) is 0 Å². The van der Waals surface area contributed by atoms with E-state index in [-0.39, 0.29) is 0 Å². The molecule has 4 nitrogen and oxygen atoms in total. The molecule has 1 aromatic heterocycles. The molecule has 1 atom stereocenters. The average molecular weight is 332 g/mol. The number of pyridine rings is 1. The summed E-state index contributed by atoms with van der Waals surface area (Å²) in [6, 6.07) is 15.0. The molecule has 4 heteroatoms. The number of hydrogen-bond donors (Lipinski definition) is 3. The Morgan fingerprint density at radius 3 is 2.80 bits per heavy atom. The van der Waals surface area contributed by atoms with E-state index in [9.17, 15) is 0 Å². The predicted octanol–water partition coefficient (Wildman–Crippen LogP) is 4.04. The van der Waals surface area contributed by atoms with Gasteiger partial charge in [0.15, 0.2) is 0 Å². The van der Waals surface area contributed by atoms with Crippen LogP contribution in [0.2, 0.25) is 0 Å². The van der Waals surface area contributed by atoms with E-state index in [1.807, 2.05) is 24.5 Å². The normalized spacial score (nSPS) is 18.0. The summed E-state index contributed by atoms with van der Waals surface area (Å²) in [5.41, 5.74) is 10.2. The highest BCUT2D eigenvalue weighted by atomic mass is 15.0. The molecule has 0 saturated carbocycles. The molecule has 2 heterocycles. The molecular formula is C21H24N4. The monoisotopic (exact) mass is 332 g/mol. The zero-order valence-electron chi connectivity index (χ0n) is 14.3. The van der Waals surface area contributed by atoms with Crippen LogP contribution < -0.4 is 16.4 Å². The van der Waals surface area contributed by atoms with Crippen molar-refractivity contribution in [1.29, 1.82) is 0 Å². The fourth-order valence-electron chi connectivity index (χ4n) is 3.53. The molecule has 3 aromatic rings. The maximum absolute atomic E-state index is 5.83. The van der Waals surface area contributed by atoms with Gasteiger partial charge in [-0.2, -0.15) is 0 Å². The Bertz CT molecular complexity index is 849. The van der Waals surface area contributed by atoms with Gasteiger partial charge < -0.3 is 16.4 Å². The number of nitrogen functional groups attached to an aromatic ring is 1. The lowest BCUT2D eigenvalue weighted by atomic mass is 10.00. The maximum atomic E-state index is 5.83. The fraction of sp³-hybridized carbons (Fsp3) is 0.286. The number of aromatic nitrogens is 1. The lowest BCUT2D eigenvalue weighted by molar-refractivity contribution is 0.637. The molecular weight excluding hydrogens is 308 g/mol. The Balaban J connectivity index is 1.74. The van der Waals surface area contributed by atoms with Crippen molar-refractivity contribution in [2.75, 3.05) is 24.1 Å². The van der Waals surface area contributed by atoms with Crippen molar-refractivity contribution < 1.29 is 0 Å². The van der Waals surface area contributed by atoms with E-state index in [0.717, 1.165) is 24.2 Å². The first-order valence-electron chi connectivity index (χ1n) is 9.00. The van der Waals surface area contributed by atoms with Gasteiger partial charge in [-0.25, -0.2) is 0 Å². The molecule has 0 unspecified atom stereocenters. The molecule has 25 heavy (non-hydrogen) atoms. The SMILES string of the molecule is Nc1ccc(-c2cc(N[C@H]3CCCCNC3)c3ccncc3c2)cc1. The zero-order chi connectivity index (χ0) is 17.1. The minimum absolute atomic E-state index is 0.459. The summed E-state index contributed by atoms with van der Waals surface area (Å²) >= 11 is 0. The van der Waals surface area contributed by atoms with Gasteiger partial charge in [-0.1, -0.05) is 18.6 Å². The number of nitrogens with zero attached hydrogens (tertiary/aromatic N) is 1. The lowest BCUT2D eigenvalue weighted by Crippen LogP contribution is -2.30. The number of nitrogens with two attached hydrogens (primary N) is 1. The van der Waals surface area contributed by atoms with E-state index in [4.69, 9.17) is 5.73 Å². The Morgan fingerprint density at radius 2 is 1.92 bits per heavy atom. The Kier molecular flexibility index (Phi) is 4.53. The molecule has 4 rings (SSSR count). The summed E-state index contributed by atoms with van der Waals surface area (Å²) in [7, 11) is 0. The van der Waals surface area contributed by atoms with E-state index < -0.39 is 0 Å². The minimum atomic E-state index is 0.459. The second kappa shape index (κ2) is 7.11. The van der Waals surface area contributed by atoms with Gasteiger partial charge in [-0.05, 0) is 60.8 Å². The Hall–Kier alpha value is -2.59. The quantitative estimate of drug-likeness (QED) is 0.634. The highest BCUT2D eigenvalue weighted by molar-refractivity contribution is 5.97. The van der Waals surface area contributed by atoms with Crippen LogP contribution in [0.3, 0.4) is 0 Å². The van der Waals surface area contributed by atoms with E-state index in [1.54, 1.807) is 0 Å². The van der Waals surface area contributed by atoms with Crippen molar-refractivity contribution in [3.05, 3.63) is 54.9 Å². The highest BCUT2D eigenvalue weighted by Gasteiger charge is 2.14. The second-order valence-corrected chi connectivity index (χ2v) is 6.78. The first-order chi connectivity index (χ1) is 12.3. The Labute approximate surface area is 148 Å². The third kappa shape index (κ3) is 3.59. The van der Waals surface area contributed by atoms with Crippen molar-refractivity contribution in [3.63, 3.8) is 0 Å². The summed E-state index contributed by atoms with van der Waals surface area (Å²) in [5.74, 6) is 0. The van der Waals surface area contributed by atoms with Gasteiger partial charge in [0.05, 0.1) is 0 Å². The first-order valence-corrected chi connectivity index (χ1v) is 9.00. The van der Waals surface area contributed by atoms with Gasteiger partial charge in [0.2, 0.25) is 0 Å². The van der Waals surface area contributed by atoms with Crippen LogP contribution in [0.5, 0.6) is 0 Å². The van der Waals surface area contributed by atoms with E-state index in [0.29, 0.717) is 6.04 Å². The second-order valence-electron chi connectivity index (χ2n) is 6.78. The van der Waals surface area contributed by atoms with E-state index in [2.05, 4.69) is 45.9 Å². The third-order valence-corrected chi connectivity index (χ3v) is 4.90. The molecule has 128 valence electrons. The van der Waals surface area contributed by atoms with Crippen molar-refractivity contribution in [1.82, 2.24) is 10.3 Å². The van der Waals surface area contributed by atoms with Crippen LogP contribution >= 0.6 is 0 Å². The summed E-state index contributed by atoms with van der Waals surface area (Å²) in [4.78, 5) is 4.30. The van der Waals surface area contributed by atoms with Crippen molar-refractivity contribution >= 4 is 22.1 Å². The molecule has 1 fully saturated rings. The molecule has 4 N–H and O–H groups in total. The van der Waals surface area contributed by atoms with Gasteiger partial charge >= 0.3 is 0 Å². The molecule has 0 amide bonds. The third-order valence-electron chi connectivity index (χ3n) is 4.90. The zero-order valence-corrected chi connectivity index (χ0v) is 14.3. The number of benzene rings is 2. The van der Waals surface area contributed by atoms with Crippen molar-refractivity contribution in [2.45, 2.75) is 25.3 Å². The highest BCUT2D eigenvalue weighted by Crippen LogP contribution is 2.31. The molecule has 0 radical (unpaired) electrons. The van der Waals surface area contributed by atoms with Crippen LogP contribution in [0.1, 0.15) is 19.3 Å². The topological polar surface area (TPSA) is 63.0 Å². The van der Waals surface area contributed by atoms with Crippen LogP contribution in [0.25, 0.3) is 21.9 Å². The van der Waals surface area contributed by atoms with E-state index in [1.165, 1.54) is 41.5 Å². The van der Waals surface area contributed by atoms with Crippen LogP contribution in [-0.2, 0) is 0 Å². The van der Waals surface area contributed by atoms with Gasteiger partial charge in [0.1, 0.15) is 0 Å². The number of hydrogen-bond acceptors (Lipinski definition) is 4. The summed E-state index contributed by atoms with van der Waals surface area (Å²) in [6.45, 7) is 2.13. The number of anilines is 2. The van der Waals surface area contributed by atoms with Gasteiger partial charge in [-0.3, -0.25) is 4.98 Å². The molecule has 0 aliphatic carbocycles.